The number of H-pyrrole nitrogens is 1. The number of carbonyl (C=O) groups is 1. The third-order valence-corrected chi connectivity index (χ3v) is 5.44. The van der Waals surface area contributed by atoms with Gasteiger partial charge in [-0.2, -0.15) is 11.8 Å². The molecule has 1 aliphatic heterocycles. The van der Waals surface area contributed by atoms with E-state index in [1.54, 1.807) is 0 Å². The fourth-order valence-corrected chi connectivity index (χ4v) is 4.18. The van der Waals surface area contributed by atoms with Crippen LogP contribution in [0.25, 0.3) is 10.9 Å². The topological polar surface area (TPSA) is 36.1 Å². The summed E-state index contributed by atoms with van der Waals surface area (Å²) in [5.74, 6) is 1.95. The first-order valence-electron chi connectivity index (χ1n) is 7.97. The number of carbonyl (C=O) groups excluding carboxylic acids is 1. The summed E-state index contributed by atoms with van der Waals surface area (Å²) < 4.78 is 0. The number of aromatic amines is 1. The van der Waals surface area contributed by atoms with Crippen molar-refractivity contribution < 1.29 is 4.79 Å². The lowest BCUT2D eigenvalue weighted by atomic mass is 9.99. The predicted molar refractivity (Wildman–Crippen MR) is 94.8 cm³/mol. The molecule has 0 bridgehead atoms. The Morgan fingerprint density at radius 2 is 2.23 bits per heavy atom. The summed E-state index contributed by atoms with van der Waals surface area (Å²) in [6, 6.07) is 6.31. The number of benzene rings is 1. The number of hydrogen-bond donors (Lipinski definition) is 1. The highest BCUT2D eigenvalue weighted by atomic mass is 32.2. The zero-order valence-electron chi connectivity index (χ0n) is 13.6. The molecule has 1 aromatic heterocycles. The monoisotopic (exact) mass is 316 g/mol. The van der Waals surface area contributed by atoms with Crippen molar-refractivity contribution >= 4 is 28.6 Å². The second-order valence-electron chi connectivity index (χ2n) is 6.39. The van der Waals surface area contributed by atoms with E-state index < -0.39 is 0 Å². The Labute approximate surface area is 136 Å². The maximum atomic E-state index is 12.9. The van der Waals surface area contributed by atoms with Crippen LogP contribution in [0.1, 0.15) is 34.5 Å². The van der Waals surface area contributed by atoms with Gasteiger partial charge in [0.05, 0.1) is 0 Å². The molecule has 1 atom stereocenters. The maximum Gasteiger partial charge on any atom is 0.270 e. The van der Waals surface area contributed by atoms with Gasteiger partial charge in [-0.05, 0) is 62.3 Å². The quantitative estimate of drug-likeness (QED) is 0.929. The molecule has 3 rings (SSSR count). The highest BCUT2D eigenvalue weighted by Gasteiger charge is 2.26. The Bertz CT molecular complexity index is 690. The SMILES string of the molecule is CSCC1CCCN(C(=O)c2[nH]c3ccc(C)cc3c2C)C1. The highest BCUT2D eigenvalue weighted by molar-refractivity contribution is 7.98. The zero-order chi connectivity index (χ0) is 15.7. The lowest BCUT2D eigenvalue weighted by Gasteiger charge is -2.32. The van der Waals surface area contributed by atoms with E-state index in [2.05, 4.69) is 43.3 Å². The standard InChI is InChI=1S/C18H24N2OS/c1-12-6-7-16-15(9-12)13(2)17(19-16)18(21)20-8-4-5-14(10-20)11-22-3/h6-7,9,14,19H,4-5,8,10-11H2,1-3H3. The lowest BCUT2D eigenvalue weighted by Crippen LogP contribution is -2.41. The van der Waals surface area contributed by atoms with Crippen LogP contribution in [-0.2, 0) is 0 Å². The van der Waals surface area contributed by atoms with E-state index >= 15 is 0 Å². The molecule has 1 N–H and O–H groups in total. The number of rotatable bonds is 3. The molecule has 1 amide bonds. The largest absolute Gasteiger partial charge is 0.350 e. The van der Waals surface area contributed by atoms with Gasteiger partial charge in [0.15, 0.2) is 0 Å². The Morgan fingerprint density at radius 3 is 3.00 bits per heavy atom. The van der Waals surface area contributed by atoms with Crippen LogP contribution >= 0.6 is 11.8 Å². The molecule has 0 aliphatic carbocycles. The van der Waals surface area contributed by atoms with E-state index in [9.17, 15) is 4.79 Å². The van der Waals surface area contributed by atoms with Crippen LogP contribution in [0.4, 0.5) is 0 Å². The number of hydrogen-bond acceptors (Lipinski definition) is 2. The minimum absolute atomic E-state index is 0.164. The summed E-state index contributed by atoms with van der Waals surface area (Å²) in [6.45, 7) is 5.92. The summed E-state index contributed by atoms with van der Waals surface area (Å²) >= 11 is 1.88. The molecule has 4 heteroatoms. The normalized spacial score (nSPS) is 18.9. The smallest absolute Gasteiger partial charge is 0.270 e. The van der Waals surface area contributed by atoms with Gasteiger partial charge in [0.2, 0.25) is 0 Å². The Hall–Kier alpha value is -1.42. The first-order valence-corrected chi connectivity index (χ1v) is 9.36. The van der Waals surface area contributed by atoms with E-state index in [0.29, 0.717) is 5.92 Å². The molecule has 118 valence electrons. The second-order valence-corrected chi connectivity index (χ2v) is 7.30. The molecule has 22 heavy (non-hydrogen) atoms. The summed E-state index contributed by atoms with van der Waals surface area (Å²) in [5, 5.41) is 1.17. The van der Waals surface area contributed by atoms with E-state index in [4.69, 9.17) is 0 Å². The number of fused-ring (bicyclic) bond motifs is 1. The summed E-state index contributed by atoms with van der Waals surface area (Å²) in [7, 11) is 0. The van der Waals surface area contributed by atoms with Crippen LogP contribution in [-0.4, -0.2) is 40.9 Å². The van der Waals surface area contributed by atoms with E-state index in [-0.39, 0.29) is 5.91 Å². The van der Waals surface area contributed by atoms with Gasteiger partial charge in [0, 0.05) is 24.0 Å². The van der Waals surface area contributed by atoms with Crippen molar-refractivity contribution in [2.75, 3.05) is 25.1 Å². The minimum Gasteiger partial charge on any atom is -0.350 e. The molecule has 2 heterocycles. The molecule has 0 radical (unpaired) electrons. The number of aryl methyl sites for hydroxylation is 2. The van der Waals surface area contributed by atoms with Crippen molar-refractivity contribution in [3.05, 3.63) is 35.0 Å². The van der Waals surface area contributed by atoms with E-state index in [1.807, 2.05) is 16.7 Å². The molecule has 1 unspecified atom stereocenters. The van der Waals surface area contributed by atoms with Crippen LogP contribution < -0.4 is 0 Å². The van der Waals surface area contributed by atoms with Crippen molar-refractivity contribution in [3.8, 4) is 0 Å². The number of nitrogens with zero attached hydrogens (tertiary/aromatic N) is 1. The predicted octanol–water partition coefficient (Wildman–Crippen LogP) is 4.00. The molecule has 1 saturated heterocycles. The van der Waals surface area contributed by atoms with Crippen LogP contribution in [0.15, 0.2) is 18.2 Å². The van der Waals surface area contributed by atoms with Crippen molar-refractivity contribution in [1.82, 2.24) is 9.88 Å². The molecule has 1 fully saturated rings. The molecule has 1 aliphatic rings. The van der Waals surface area contributed by atoms with Crippen molar-refractivity contribution in [1.29, 1.82) is 0 Å². The molecular formula is C18H24N2OS. The van der Waals surface area contributed by atoms with Gasteiger partial charge in [0.25, 0.3) is 5.91 Å². The summed E-state index contributed by atoms with van der Waals surface area (Å²) in [6.07, 6.45) is 4.51. The molecule has 3 nitrogen and oxygen atoms in total. The van der Waals surface area contributed by atoms with E-state index in [0.717, 1.165) is 42.0 Å². The van der Waals surface area contributed by atoms with E-state index in [1.165, 1.54) is 17.4 Å². The zero-order valence-corrected chi connectivity index (χ0v) is 14.4. The van der Waals surface area contributed by atoms with Crippen LogP contribution in [0.5, 0.6) is 0 Å². The molecule has 1 aromatic carbocycles. The third-order valence-electron chi connectivity index (χ3n) is 4.64. The number of nitrogens with one attached hydrogen (secondary N) is 1. The van der Waals surface area contributed by atoms with Gasteiger partial charge in [-0.25, -0.2) is 0 Å². The Morgan fingerprint density at radius 1 is 1.41 bits per heavy atom. The third kappa shape index (κ3) is 2.89. The van der Waals surface area contributed by atoms with Gasteiger partial charge >= 0.3 is 0 Å². The molecule has 0 spiro atoms. The van der Waals surface area contributed by atoms with Crippen LogP contribution in [0, 0.1) is 19.8 Å². The van der Waals surface area contributed by atoms with Crippen molar-refractivity contribution in [2.24, 2.45) is 5.92 Å². The van der Waals surface area contributed by atoms with Gasteiger partial charge in [-0.15, -0.1) is 0 Å². The lowest BCUT2D eigenvalue weighted by molar-refractivity contribution is 0.0679. The van der Waals surface area contributed by atoms with Crippen molar-refractivity contribution in [2.45, 2.75) is 26.7 Å². The van der Waals surface area contributed by atoms with Gasteiger partial charge < -0.3 is 9.88 Å². The van der Waals surface area contributed by atoms with Crippen LogP contribution in [0.2, 0.25) is 0 Å². The Balaban J connectivity index is 1.87. The first-order chi connectivity index (χ1) is 10.6. The van der Waals surface area contributed by atoms with Crippen molar-refractivity contribution in [3.63, 3.8) is 0 Å². The fourth-order valence-electron chi connectivity index (χ4n) is 3.43. The number of likely N-dealkylation sites (tertiary alicyclic amines) is 1. The fraction of sp³-hybridized carbons (Fsp3) is 0.500. The van der Waals surface area contributed by atoms with Crippen LogP contribution in [0.3, 0.4) is 0 Å². The molecule has 0 saturated carbocycles. The number of amides is 1. The average Bonchev–Trinajstić information content (AvgIpc) is 2.84. The first kappa shape index (κ1) is 15.5. The summed E-state index contributed by atoms with van der Waals surface area (Å²) in [4.78, 5) is 18.3. The van der Waals surface area contributed by atoms with Gasteiger partial charge in [-0.1, -0.05) is 11.6 Å². The number of aromatic nitrogens is 1. The molecular weight excluding hydrogens is 292 g/mol. The van der Waals surface area contributed by atoms with Gasteiger partial charge in [-0.3, -0.25) is 4.79 Å². The minimum atomic E-state index is 0.164. The average molecular weight is 316 g/mol. The maximum absolute atomic E-state index is 12.9. The van der Waals surface area contributed by atoms with Gasteiger partial charge in [0.1, 0.15) is 5.69 Å². The number of piperidine rings is 1. The highest BCUT2D eigenvalue weighted by Crippen LogP contribution is 2.26. The number of thioether (sulfide) groups is 1. The summed E-state index contributed by atoms with van der Waals surface area (Å²) in [5.41, 5.74) is 4.14. The Kier molecular flexibility index (Phi) is 4.48. The molecule has 2 aromatic rings. The second kappa shape index (κ2) is 6.37.